The summed E-state index contributed by atoms with van der Waals surface area (Å²) in [6.45, 7) is 5.57. The number of methoxy groups -OCH3 is 1. The number of amides is 2. The molecule has 0 bridgehead atoms. The molecular formula is C28H33N5O3. The number of carbonyl (C=O) groups excluding carboxylic acids is 2. The summed E-state index contributed by atoms with van der Waals surface area (Å²) in [5, 5.41) is 5.07. The molecule has 5 rings (SSSR count). The topological polar surface area (TPSA) is 78.0 Å². The third-order valence-electron chi connectivity index (χ3n) is 7.09. The van der Waals surface area contributed by atoms with Gasteiger partial charge in [-0.1, -0.05) is 6.07 Å². The van der Waals surface area contributed by atoms with Gasteiger partial charge in [-0.3, -0.25) is 9.59 Å². The summed E-state index contributed by atoms with van der Waals surface area (Å²) < 4.78 is 5.27. The van der Waals surface area contributed by atoms with Crippen LogP contribution in [0.25, 0.3) is 10.8 Å². The Bertz CT molecular complexity index is 1220. The molecule has 188 valence electrons. The highest BCUT2D eigenvalue weighted by Crippen LogP contribution is 2.28. The number of hydrogen-bond acceptors (Lipinski definition) is 6. The number of hydrogen-bond donors (Lipinski definition) is 1. The first-order valence-corrected chi connectivity index (χ1v) is 12.7. The van der Waals surface area contributed by atoms with Crippen molar-refractivity contribution in [1.82, 2.24) is 15.2 Å². The van der Waals surface area contributed by atoms with Gasteiger partial charge >= 0.3 is 0 Å². The molecule has 0 atom stereocenters. The lowest BCUT2D eigenvalue weighted by Crippen LogP contribution is -2.46. The zero-order valence-corrected chi connectivity index (χ0v) is 20.8. The van der Waals surface area contributed by atoms with Gasteiger partial charge in [0, 0.05) is 75.1 Å². The van der Waals surface area contributed by atoms with Crippen LogP contribution in [0.1, 0.15) is 29.6 Å². The number of nitrogens with zero attached hydrogens (tertiary/aromatic N) is 4. The lowest BCUT2D eigenvalue weighted by Gasteiger charge is -2.37. The highest BCUT2D eigenvalue weighted by molar-refractivity contribution is 6.01. The minimum Gasteiger partial charge on any atom is -0.497 e. The molecule has 0 aliphatic carbocycles. The summed E-state index contributed by atoms with van der Waals surface area (Å²) in [6, 6.07) is 16.0. The fourth-order valence-electron chi connectivity index (χ4n) is 5.03. The van der Waals surface area contributed by atoms with E-state index in [0.29, 0.717) is 25.1 Å². The van der Waals surface area contributed by atoms with Gasteiger partial charge in [-0.15, -0.1) is 0 Å². The molecule has 8 nitrogen and oxygen atoms in total. The van der Waals surface area contributed by atoms with Gasteiger partial charge in [0.2, 0.25) is 5.91 Å². The van der Waals surface area contributed by atoms with Crippen LogP contribution >= 0.6 is 0 Å². The molecule has 1 aromatic heterocycles. The second-order valence-corrected chi connectivity index (χ2v) is 9.34. The van der Waals surface area contributed by atoms with E-state index in [4.69, 9.17) is 9.72 Å². The smallest absolute Gasteiger partial charge is 0.251 e. The summed E-state index contributed by atoms with van der Waals surface area (Å²) in [6.07, 6.45) is 4.19. The van der Waals surface area contributed by atoms with E-state index >= 15 is 0 Å². The maximum Gasteiger partial charge on any atom is 0.251 e. The van der Waals surface area contributed by atoms with E-state index in [2.05, 4.69) is 27.2 Å². The van der Waals surface area contributed by atoms with Crippen molar-refractivity contribution in [2.75, 3.05) is 62.7 Å². The first-order valence-electron chi connectivity index (χ1n) is 12.7. The van der Waals surface area contributed by atoms with Gasteiger partial charge in [0.05, 0.1) is 7.11 Å². The second kappa shape index (κ2) is 10.8. The molecule has 36 heavy (non-hydrogen) atoms. The molecule has 2 aliphatic rings. The number of aromatic nitrogens is 1. The van der Waals surface area contributed by atoms with Gasteiger partial charge in [0.25, 0.3) is 5.91 Å². The van der Waals surface area contributed by atoms with Crippen molar-refractivity contribution in [1.29, 1.82) is 0 Å². The van der Waals surface area contributed by atoms with E-state index in [-0.39, 0.29) is 11.8 Å². The summed E-state index contributed by atoms with van der Waals surface area (Å²) in [7, 11) is 1.68. The normalized spacial score (nSPS) is 16.0. The molecule has 2 aliphatic heterocycles. The summed E-state index contributed by atoms with van der Waals surface area (Å²) in [5.41, 5.74) is 1.82. The number of nitrogens with one attached hydrogen (secondary N) is 1. The Kier molecular flexibility index (Phi) is 7.21. The molecule has 0 spiro atoms. The predicted octanol–water partition coefficient (Wildman–Crippen LogP) is 3.31. The van der Waals surface area contributed by atoms with Crippen LogP contribution in [0.2, 0.25) is 0 Å². The fourth-order valence-corrected chi connectivity index (χ4v) is 5.03. The van der Waals surface area contributed by atoms with Gasteiger partial charge < -0.3 is 24.8 Å². The SMILES string of the molecule is COc1ccc(N2CCN(c3nccc4ccc(C(=O)NCCCN5CCCC5=O)cc34)CC2)cc1. The zero-order valence-electron chi connectivity index (χ0n) is 20.8. The Morgan fingerprint density at radius 1 is 1.00 bits per heavy atom. The van der Waals surface area contributed by atoms with Gasteiger partial charge in [-0.05, 0) is 60.7 Å². The number of rotatable bonds is 8. The lowest BCUT2D eigenvalue weighted by molar-refractivity contribution is -0.127. The molecule has 8 heteroatoms. The molecule has 0 radical (unpaired) electrons. The second-order valence-electron chi connectivity index (χ2n) is 9.34. The number of carbonyl (C=O) groups is 2. The van der Waals surface area contributed by atoms with Gasteiger partial charge in [0.15, 0.2) is 0 Å². The van der Waals surface area contributed by atoms with Crippen LogP contribution in [0, 0.1) is 0 Å². The zero-order chi connectivity index (χ0) is 24.9. The van der Waals surface area contributed by atoms with Crippen LogP contribution in [0.4, 0.5) is 11.5 Å². The molecule has 2 aromatic carbocycles. The van der Waals surface area contributed by atoms with E-state index in [0.717, 1.165) is 67.9 Å². The molecule has 2 fully saturated rings. The monoisotopic (exact) mass is 487 g/mol. The van der Waals surface area contributed by atoms with E-state index < -0.39 is 0 Å². The van der Waals surface area contributed by atoms with E-state index in [1.54, 1.807) is 7.11 Å². The average Bonchev–Trinajstić information content (AvgIpc) is 3.34. The first kappa shape index (κ1) is 23.9. The Hall–Kier alpha value is -3.81. The van der Waals surface area contributed by atoms with E-state index in [1.807, 2.05) is 47.5 Å². The van der Waals surface area contributed by atoms with Crippen molar-refractivity contribution in [3.05, 3.63) is 60.3 Å². The minimum absolute atomic E-state index is 0.0937. The van der Waals surface area contributed by atoms with Crippen LogP contribution in [-0.2, 0) is 4.79 Å². The van der Waals surface area contributed by atoms with Gasteiger partial charge in [-0.25, -0.2) is 4.98 Å². The van der Waals surface area contributed by atoms with E-state index in [9.17, 15) is 9.59 Å². The molecule has 0 unspecified atom stereocenters. The minimum atomic E-state index is -0.0937. The number of pyridine rings is 1. The lowest BCUT2D eigenvalue weighted by atomic mass is 10.1. The number of likely N-dealkylation sites (tertiary alicyclic amines) is 1. The van der Waals surface area contributed by atoms with Crippen molar-refractivity contribution in [3.8, 4) is 5.75 Å². The third-order valence-corrected chi connectivity index (χ3v) is 7.09. The Morgan fingerprint density at radius 3 is 2.50 bits per heavy atom. The molecule has 3 heterocycles. The molecule has 1 N–H and O–H groups in total. The molecule has 2 amide bonds. The Balaban J connectivity index is 1.22. The quantitative estimate of drug-likeness (QED) is 0.491. The molecule has 2 saturated heterocycles. The largest absolute Gasteiger partial charge is 0.497 e. The Labute approximate surface area is 211 Å². The number of fused-ring (bicyclic) bond motifs is 1. The molecular weight excluding hydrogens is 454 g/mol. The van der Waals surface area contributed by atoms with Crippen molar-refractivity contribution < 1.29 is 14.3 Å². The van der Waals surface area contributed by atoms with Gasteiger partial charge in [-0.2, -0.15) is 0 Å². The maximum atomic E-state index is 12.8. The first-order chi connectivity index (χ1) is 17.6. The molecule has 0 saturated carbocycles. The number of ether oxygens (including phenoxy) is 1. The van der Waals surface area contributed by atoms with E-state index in [1.165, 1.54) is 5.69 Å². The third kappa shape index (κ3) is 5.22. The highest BCUT2D eigenvalue weighted by Gasteiger charge is 2.21. The summed E-state index contributed by atoms with van der Waals surface area (Å²) >= 11 is 0. The van der Waals surface area contributed by atoms with Crippen molar-refractivity contribution in [3.63, 3.8) is 0 Å². The highest BCUT2D eigenvalue weighted by atomic mass is 16.5. The number of anilines is 2. The fraction of sp³-hybridized carbons (Fsp3) is 0.393. The van der Waals surface area contributed by atoms with Crippen LogP contribution < -0.4 is 19.9 Å². The summed E-state index contributed by atoms with van der Waals surface area (Å²) in [4.78, 5) is 35.8. The predicted molar refractivity (Wildman–Crippen MR) is 142 cm³/mol. The number of benzene rings is 2. The standard InChI is InChI=1S/C28H33N5O3/c1-36-24-9-7-23(8-10-24)31-16-18-33(19-17-31)27-25-20-22(6-5-21(25)11-13-29-27)28(35)30-12-3-15-32-14-2-4-26(32)34/h5-11,13,20H,2-4,12,14-19H2,1H3,(H,30,35). The number of piperazine rings is 1. The summed E-state index contributed by atoms with van der Waals surface area (Å²) in [5.74, 6) is 1.91. The van der Waals surface area contributed by atoms with Crippen molar-refractivity contribution in [2.45, 2.75) is 19.3 Å². The van der Waals surface area contributed by atoms with Crippen molar-refractivity contribution >= 4 is 34.1 Å². The Morgan fingerprint density at radius 2 is 1.78 bits per heavy atom. The average molecular weight is 488 g/mol. The van der Waals surface area contributed by atoms with Gasteiger partial charge in [0.1, 0.15) is 11.6 Å². The van der Waals surface area contributed by atoms with Crippen LogP contribution in [0.3, 0.4) is 0 Å². The molecule has 3 aromatic rings. The maximum absolute atomic E-state index is 12.8. The van der Waals surface area contributed by atoms with Crippen molar-refractivity contribution in [2.24, 2.45) is 0 Å². The van der Waals surface area contributed by atoms with Crippen LogP contribution in [0.5, 0.6) is 5.75 Å². The van der Waals surface area contributed by atoms with Crippen LogP contribution in [0.15, 0.2) is 54.7 Å². The van der Waals surface area contributed by atoms with Crippen LogP contribution in [-0.4, -0.2) is 74.6 Å².